The van der Waals surface area contributed by atoms with E-state index in [0.29, 0.717) is 11.0 Å². The van der Waals surface area contributed by atoms with Gasteiger partial charge in [0.05, 0.1) is 6.10 Å². The normalized spacial score (nSPS) is 10.9. The van der Waals surface area contributed by atoms with Crippen LogP contribution in [0.15, 0.2) is 48.5 Å². The number of aromatic nitrogens is 1. The van der Waals surface area contributed by atoms with Crippen molar-refractivity contribution in [2.24, 2.45) is 0 Å². The molecule has 4 nitrogen and oxygen atoms in total. The predicted molar refractivity (Wildman–Crippen MR) is 89.1 cm³/mol. The van der Waals surface area contributed by atoms with Gasteiger partial charge >= 0.3 is 0 Å². The van der Waals surface area contributed by atoms with Crippen LogP contribution in [0.2, 0.25) is 5.15 Å². The molecule has 1 N–H and O–H groups in total. The smallest absolute Gasteiger partial charge is 0.249 e. The Morgan fingerprint density at radius 2 is 2.05 bits per heavy atom. The van der Waals surface area contributed by atoms with Crippen LogP contribution in [0.4, 0.5) is 5.82 Å². The number of halogens is 1. The lowest BCUT2D eigenvalue weighted by atomic mass is 10.2. The summed E-state index contributed by atoms with van der Waals surface area (Å²) in [5, 5.41) is 2.98. The van der Waals surface area contributed by atoms with Crippen LogP contribution in [0.25, 0.3) is 6.08 Å². The Kier molecular flexibility index (Phi) is 5.55. The fourth-order valence-electron chi connectivity index (χ4n) is 1.78. The van der Waals surface area contributed by atoms with Crippen molar-refractivity contribution in [3.05, 3.63) is 59.3 Å². The zero-order valence-corrected chi connectivity index (χ0v) is 13.2. The van der Waals surface area contributed by atoms with E-state index in [4.69, 9.17) is 16.3 Å². The van der Waals surface area contributed by atoms with Crippen molar-refractivity contribution in [1.29, 1.82) is 0 Å². The topological polar surface area (TPSA) is 51.2 Å². The molecule has 0 aliphatic rings. The van der Waals surface area contributed by atoms with Gasteiger partial charge in [-0.15, -0.1) is 0 Å². The molecule has 114 valence electrons. The number of pyridine rings is 1. The number of carbonyl (C=O) groups is 1. The summed E-state index contributed by atoms with van der Waals surface area (Å²) in [6.07, 6.45) is 3.26. The predicted octanol–water partition coefficient (Wildman–Crippen LogP) is 4.17. The van der Waals surface area contributed by atoms with E-state index in [-0.39, 0.29) is 12.0 Å². The van der Waals surface area contributed by atoms with E-state index in [1.807, 2.05) is 38.1 Å². The molecule has 2 aromatic rings. The van der Waals surface area contributed by atoms with Gasteiger partial charge in [-0.25, -0.2) is 4.98 Å². The maximum absolute atomic E-state index is 11.8. The number of benzene rings is 1. The van der Waals surface area contributed by atoms with Crippen LogP contribution in [0.1, 0.15) is 19.4 Å². The van der Waals surface area contributed by atoms with E-state index in [9.17, 15) is 4.79 Å². The van der Waals surface area contributed by atoms with Gasteiger partial charge in [0, 0.05) is 6.08 Å². The summed E-state index contributed by atoms with van der Waals surface area (Å²) >= 11 is 5.77. The first-order valence-corrected chi connectivity index (χ1v) is 7.29. The summed E-state index contributed by atoms with van der Waals surface area (Å²) < 4.78 is 5.61. The third-order valence-corrected chi connectivity index (χ3v) is 2.83. The number of anilines is 1. The fourth-order valence-corrected chi connectivity index (χ4v) is 1.95. The van der Waals surface area contributed by atoms with Crippen molar-refractivity contribution >= 4 is 29.4 Å². The fraction of sp³-hybridized carbons (Fsp3) is 0.176. The van der Waals surface area contributed by atoms with Gasteiger partial charge in [-0.2, -0.15) is 0 Å². The molecule has 0 radical (unpaired) electrons. The van der Waals surface area contributed by atoms with Gasteiger partial charge in [0.2, 0.25) is 5.91 Å². The average molecular weight is 317 g/mol. The highest BCUT2D eigenvalue weighted by molar-refractivity contribution is 6.29. The van der Waals surface area contributed by atoms with Crippen LogP contribution >= 0.6 is 11.6 Å². The third-order valence-electron chi connectivity index (χ3n) is 2.62. The van der Waals surface area contributed by atoms with E-state index in [0.717, 1.165) is 11.3 Å². The number of nitrogens with one attached hydrogen (secondary N) is 1. The molecule has 0 saturated heterocycles. The molecule has 1 heterocycles. The molecule has 1 amide bonds. The lowest BCUT2D eigenvalue weighted by Gasteiger charge is -2.09. The monoisotopic (exact) mass is 316 g/mol. The molecule has 22 heavy (non-hydrogen) atoms. The van der Waals surface area contributed by atoms with E-state index in [1.165, 1.54) is 6.08 Å². The van der Waals surface area contributed by atoms with Gasteiger partial charge in [-0.1, -0.05) is 29.8 Å². The van der Waals surface area contributed by atoms with Gasteiger partial charge in [0.15, 0.2) is 0 Å². The summed E-state index contributed by atoms with van der Waals surface area (Å²) in [6.45, 7) is 3.93. The molecule has 5 heteroatoms. The standard InChI is InChI=1S/C17H17ClN2O2/c1-12(2)22-14-6-3-5-13(11-14)9-10-17(21)20-16-8-4-7-15(18)19-16/h3-12H,1-2H3,(H,19,20,21)/b10-9+. The van der Waals surface area contributed by atoms with Crippen molar-refractivity contribution < 1.29 is 9.53 Å². The molecule has 0 bridgehead atoms. The lowest BCUT2D eigenvalue weighted by Crippen LogP contribution is -2.09. The van der Waals surface area contributed by atoms with Gasteiger partial charge in [0.1, 0.15) is 16.7 Å². The summed E-state index contributed by atoms with van der Waals surface area (Å²) in [4.78, 5) is 15.8. The first-order chi connectivity index (χ1) is 10.5. The number of hydrogen-bond donors (Lipinski definition) is 1. The summed E-state index contributed by atoms with van der Waals surface area (Å²) in [6, 6.07) is 12.6. The Labute approximate surface area is 134 Å². The average Bonchev–Trinajstić information content (AvgIpc) is 2.45. The zero-order chi connectivity index (χ0) is 15.9. The Morgan fingerprint density at radius 3 is 2.77 bits per heavy atom. The van der Waals surface area contributed by atoms with Crippen LogP contribution in [0, 0.1) is 0 Å². The minimum Gasteiger partial charge on any atom is -0.491 e. The number of ether oxygens (including phenoxy) is 1. The minimum absolute atomic E-state index is 0.108. The molecule has 0 aliphatic carbocycles. The third kappa shape index (κ3) is 5.22. The number of rotatable bonds is 5. The highest BCUT2D eigenvalue weighted by Gasteiger charge is 2.01. The van der Waals surface area contributed by atoms with Crippen LogP contribution in [-0.4, -0.2) is 17.0 Å². The van der Waals surface area contributed by atoms with E-state index < -0.39 is 0 Å². The summed E-state index contributed by atoms with van der Waals surface area (Å²) in [7, 11) is 0. The molecule has 1 aromatic carbocycles. The molecule has 0 unspecified atom stereocenters. The molecule has 1 aromatic heterocycles. The number of carbonyl (C=O) groups excluding carboxylic acids is 1. The quantitative estimate of drug-likeness (QED) is 0.665. The highest BCUT2D eigenvalue weighted by Crippen LogP contribution is 2.16. The molecule has 0 spiro atoms. The van der Waals surface area contributed by atoms with Gasteiger partial charge in [-0.3, -0.25) is 4.79 Å². The molecule has 0 aliphatic heterocycles. The molecule has 0 atom stereocenters. The van der Waals surface area contributed by atoms with Crippen LogP contribution in [0.3, 0.4) is 0 Å². The zero-order valence-electron chi connectivity index (χ0n) is 12.4. The van der Waals surface area contributed by atoms with Crippen molar-refractivity contribution in [3.8, 4) is 5.75 Å². The lowest BCUT2D eigenvalue weighted by molar-refractivity contribution is -0.111. The Hall–Kier alpha value is -2.33. The Bertz CT molecular complexity index is 684. The Morgan fingerprint density at radius 1 is 1.27 bits per heavy atom. The summed E-state index contributed by atoms with van der Waals surface area (Å²) in [5.74, 6) is 0.915. The number of hydrogen-bond acceptors (Lipinski definition) is 3. The molecular weight excluding hydrogens is 300 g/mol. The van der Waals surface area contributed by atoms with Crippen molar-refractivity contribution in [2.75, 3.05) is 5.32 Å². The molecule has 0 saturated carbocycles. The van der Waals surface area contributed by atoms with Crippen LogP contribution in [-0.2, 0) is 4.79 Å². The molecular formula is C17H17ClN2O2. The SMILES string of the molecule is CC(C)Oc1cccc(/C=C/C(=O)Nc2cccc(Cl)n2)c1. The van der Waals surface area contributed by atoms with Gasteiger partial charge in [-0.05, 0) is 49.8 Å². The second-order valence-corrected chi connectivity index (χ2v) is 5.29. The van der Waals surface area contributed by atoms with Crippen molar-refractivity contribution in [1.82, 2.24) is 4.98 Å². The second kappa shape index (κ2) is 7.61. The van der Waals surface area contributed by atoms with E-state index in [1.54, 1.807) is 24.3 Å². The maximum atomic E-state index is 11.8. The first kappa shape index (κ1) is 16.0. The van der Waals surface area contributed by atoms with E-state index in [2.05, 4.69) is 10.3 Å². The van der Waals surface area contributed by atoms with Crippen molar-refractivity contribution in [3.63, 3.8) is 0 Å². The number of nitrogens with zero attached hydrogens (tertiary/aromatic N) is 1. The second-order valence-electron chi connectivity index (χ2n) is 4.91. The Balaban J connectivity index is 2.00. The van der Waals surface area contributed by atoms with Crippen LogP contribution < -0.4 is 10.1 Å². The minimum atomic E-state index is -0.273. The first-order valence-electron chi connectivity index (χ1n) is 6.91. The summed E-state index contributed by atoms with van der Waals surface area (Å²) in [5.41, 5.74) is 0.882. The molecule has 2 rings (SSSR count). The van der Waals surface area contributed by atoms with Gasteiger partial charge < -0.3 is 10.1 Å². The van der Waals surface area contributed by atoms with Gasteiger partial charge in [0.25, 0.3) is 0 Å². The highest BCUT2D eigenvalue weighted by atomic mass is 35.5. The molecule has 0 fully saturated rings. The number of amides is 1. The largest absolute Gasteiger partial charge is 0.491 e. The maximum Gasteiger partial charge on any atom is 0.249 e. The van der Waals surface area contributed by atoms with Crippen LogP contribution in [0.5, 0.6) is 5.75 Å². The van der Waals surface area contributed by atoms with E-state index >= 15 is 0 Å². The van der Waals surface area contributed by atoms with Crippen molar-refractivity contribution in [2.45, 2.75) is 20.0 Å².